The average molecular weight is 206 g/mol. The summed E-state index contributed by atoms with van der Waals surface area (Å²) in [5.41, 5.74) is 7.44. The summed E-state index contributed by atoms with van der Waals surface area (Å²) in [5, 5.41) is 0. The van der Waals surface area contributed by atoms with Crippen molar-refractivity contribution in [3.05, 3.63) is 23.9 Å². The van der Waals surface area contributed by atoms with Crippen LogP contribution >= 0.6 is 0 Å². The molecule has 82 valence electrons. The summed E-state index contributed by atoms with van der Waals surface area (Å²) in [6.07, 6.45) is 3.98. The third-order valence-electron chi connectivity index (χ3n) is 3.70. The van der Waals surface area contributed by atoms with Crippen molar-refractivity contribution in [1.82, 2.24) is 4.98 Å². The Kier molecular flexibility index (Phi) is 2.23. The fourth-order valence-corrected chi connectivity index (χ4v) is 1.96. The Hall–Kier alpha value is -1.09. The first-order chi connectivity index (χ1) is 6.99. The predicted octanol–water partition coefficient (Wildman–Crippen LogP) is 1.86. The number of aromatic nitrogens is 1. The van der Waals surface area contributed by atoms with Gasteiger partial charge in [-0.25, -0.2) is 4.98 Å². The number of methoxy groups -OCH3 is 1. The maximum atomic E-state index is 6.29. The highest BCUT2D eigenvalue weighted by Crippen LogP contribution is 2.49. The van der Waals surface area contributed by atoms with Crippen LogP contribution in [-0.2, 0) is 5.41 Å². The van der Waals surface area contributed by atoms with E-state index in [0.717, 1.165) is 12.8 Å². The first kappa shape index (κ1) is 10.4. The van der Waals surface area contributed by atoms with Crippen LogP contribution in [0.4, 0.5) is 0 Å². The van der Waals surface area contributed by atoms with Crippen molar-refractivity contribution in [2.75, 3.05) is 7.11 Å². The highest BCUT2D eigenvalue weighted by molar-refractivity contribution is 5.34. The van der Waals surface area contributed by atoms with Crippen LogP contribution in [0.15, 0.2) is 18.3 Å². The van der Waals surface area contributed by atoms with Crippen molar-refractivity contribution in [2.24, 2.45) is 5.73 Å². The van der Waals surface area contributed by atoms with Gasteiger partial charge in [-0.05, 0) is 24.5 Å². The van der Waals surface area contributed by atoms with Crippen LogP contribution in [-0.4, -0.2) is 17.6 Å². The lowest BCUT2D eigenvalue weighted by Gasteiger charge is -2.32. The van der Waals surface area contributed by atoms with Gasteiger partial charge in [-0.1, -0.05) is 13.8 Å². The van der Waals surface area contributed by atoms with E-state index in [0.29, 0.717) is 5.88 Å². The Balaban J connectivity index is 2.36. The zero-order valence-corrected chi connectivity index (χ0v) is 9.58. The molecular weight excluding hydrogens is 188 g/mol. The van der Waals surface area contributed by atoms with Gasteiger partial charge in [-0.2, -0.15) is 0 Å². The van der Waals surface area contributed by atoms with Crippen LogP contribution in [0.5, 0.6) is 5.88 Å². The second kappa shape index (κ2) is 3.20. The number of nitrogens with two attached hydrogens (primary N) is 1. The minimum atomic E-state index is -0.0423. The van der Waals surface area contributed by atoms with Crippen LogP contribution in [0, 0.1) is 0 Å². The molecule has 3 nitrogen and oxygen atoms in total. The predicted molar refractivity (Wildman–Crippen MR) is 60.0 cm³/mol. The second-order valence-corrected chi connectivity index (χ2v) is 4.87. The maximum absolute atomic E-state index is 6.29. The molecule has 1 aromatic rings. The van der Waals surface area contributed by atoms with Gasteiger partial charge in [0, 0.05) is 23.2 Å². The Labute approximate surface area is 90.7 Å². The van der Waals surface area contributed by atoms with E-state index in [9.17, 15) is 0 Å². The number of rotatable bonds is 3. The van der Waals surface area contributed by atoms with E-state index in [2.05, 4.69) is 18.8 Å². The molecule has 0 aliphatic heterocycles. The van der Waals surface area contributed by atoms with Gasteiger partial charge in [-0.15, -0.1) is 0 Å². The monoisotopic (exact) mass is 206 g/mol. The molecule has 0 saturated heterocycles. The van der Waals surface area contributed by atoms with Crippen LogP contribution < -0.4 is 10.5 Å². The lowest BCUT2D eigenvalue weighted by molar-refractivity contribution is 0.376. The average Bonchev–Trinajstić information content (AvgIpc) is 2.98. The number of hydrogen-bond acceptors (Lipinski definition) is 3. The zero-order chi connectivity index (χ0) is 11.1. The van der Waals surface area contributed by atoms with E-state index < -0.39 is 0 Å². The van der Waals surface area contributed by atoms with Gasteiger partial charge >= 0.3 is 0 Å². The number of pyridine rings is 1. The van der Waals surface area contributed by atoms with Crippen molar-refractivity contribution in [3.8, 4) is 5.88 Å². The molecule has 0 spiro atoms. The smallest absolute Gasteiger partial charge is 0.213 e. The van der Waals surface area contributed by atoms with Crippen molar-refractivity contribution in [2.45, 2.75) is 37.6 Å². The van der Waals surface area contributed by atoms with E-state index >= 15 is 0 Å². The SMILES string of the molecule is COc1cc(C(C)(C)C2(N)CC2)ccn1. The minimum absolute atomic E-state index is 0.0107. The second-order valence-electron chi connectivity index (χ2n) is 4.87. The van der Waals surface area contributed by atoms with Crippen molar-refractivity contribution in [1.29, 1.82) is 0 Å². The van der Waals surface area contributed by atoms with Crippen LogP contribution in [0.1, 0.15) is 32.3 Å². The molecule has 0 amide bonds. The lowest BCUT2D eigenvalue weighted by atomic mass is 9.76. The largest absolute Gasteiger partial charge is 0.481 e. The molecule has 1 fully saturated rings. The third-order valence-corrected chi connectivity index (χ3v) is 3.70. The molecule has 3 heteroatoms. The fraction of sp³-hybridized carbons (Fsp3) is 0.583. The molecule has 2 rings (SSSR count). The first-order valence-corrected chi connectivity index (χ1v) is 5.29. The molecule has 0 aromatic carbocycles. The maximum Gasteiger partial charge on any atom is 0.213 e. The van der Waals surface area contributed by atoms with Gasteiger partial charge in [0.25, 0.3) is 0 Å². The fourth-order valence-electron chi connectivity index (χ4n) is 1.96. The number of ether oxygens (including phenoxy) is 1. The summed E-state index contributed by atoms with van der Waals surface area (Å²) >= 11 is 0. The van der Waals surface area contributed by atoms with E-state index in [1.165, 1.54) is 5.56 Å². The molecule has 0 unspecified atom stereocenters. The van der Waals surface area contributed by atoms with Crippen LogP contribution in [0.2, 0.25) is 0 Å². The quantitative estimate of drug-likeness (QED) is 0.821. The summed E-state index contributed by atoms with van der Waals surface area (Å²) in [4.78, 5) is 4.11. The van der Waals surface area contributed by atoms with Gasteiger partial charge < -0.3 is 10.5 Å². The summed E-state index contributed by atoms with van der Waals surface area (Å²) < 4.78 is 5.13. The topological polar surface area (TPSA) is 48.1 Å². The molecule has 1 aliphatic rings. The Morgan fingerprint density at radius 1 is 1.47 bits per heavy atom. The number of nitrogens with zero attached hydrogens (tertiary/aromatic N) is 1. The molecule has 0 bridgehead atoms. The van der Waals surface area contributed by atoms with E-state index in [1.54, 1.807) is 13.3 Å². The third kappa shape index (κ3) is 1.61. The minimum Gasteiger partial charge on any atom is -0.481 e. The molecule has 0 radical (unpaired) electrons. The normalized spacial score (nSPS) is 18.7. The van der Waals surface area contributed by atoms with Gasteiger partial charge in [0.1, 0.15) is 0 Å². The molecule has 15 heavy (non-hydrogen) atoms. The molecule has 1 aliphatic carbocycles. The van der Waals surface area contributed by atoms with Gasteiger partial charge in [-0.3, -0.25) is 0 Å². The number of hydrogen-bond donors (Lipinski definition) is 1. The first-order valence-electron chi connectivity index (χ1n) is 5.29. The zero-order valence-electron chi connectivity index (χ0n) is 9.58. The van der Waals surface area contributed by atoms with E-state index in [-0.39, 0.29) is 11.0 Å². The van der Waals surface area contributed by atoms with Crippen molar-refractivity contribution < 1.29 is 4.74 Å². The van der Waals surface area contributed by atoms with E-state index in [4.69, 9.17) is 10.5 Å². The summed E-state index contributed by atoms with van der Waals surface area (Å²) in [5.74, 6) is 0.657. The van der Waals surface area contributed by atoms with Crippen LogP contribution in [0.25, 0.3) is 0 Å². The Bertz CT molecular complexity index is 370. The highest BCUT2D eigenvalue weighted by atomic mass is 16.5. The summed E-state index contributed by atoms with van der Waals surface area (Å²) in [6.45, 7) is 4.38. The van der Waals surface area contributed by atoms with Crippen molar-refractivity contribution >= 4 is 0 Å². The molecule has 1 heterocycles. The van der Waals surface area contributed by atoms with Gasteiger partial charge in [0.15, 0.2) is 0 Å². The molecule has 0 atom stereocenters. The van der Waals surface area contributed by atoms with Crippen molar-refractivity contribution in [3.63, 3.8) is 0 Å². The molecular formula is C12H18N2O. The summed E-state index contributed by atoms with van der Waals surface area (Å²) in [7, 11) is 1.63. The summed E-state index contributed by atoms with van der Waals surface area (Å²) in [6, 6.07) is 4.00. The Morgan fingerprint density at radius 3 is 2.67 bits per heavy atom. The van der Waals surface area contributed by atoms with Gasteiger partial charge in [0.05, 0.1) is 7.11 Å². The van der Waals surface area contributed by atoms with Crippen LogP contribution in [0.3, 0.4) is 0 Å². The highest BCUT2D eigenvalue weighted by Gasteiger charge is 2.51. The van der Waals surface area contributed by atoms with Gasteiger partial charge in [0.2, 0.25) is 5.88 Å². The van der Waals surface area contributed by atoms with E-state index in [1.807, 2.05) is 12.1 Å². The molecule has 1 aromatic heterocycles. The molecule has 2 N–H and O–H groups in total. The standard InChI is InChI=1S/C12H18N2O/c1-11(2,12(13)5-6-12)9-4-7-14-10(8-9)15-3/h4,7-8H,5-6,13H2,1-3H3. The Morgan fingerprint density at radius 2 is 2.13 bits per heavy atom. The lowest BCUT2D eigenvalue weighted by Crippen LogP contribution is -2.43. The molecule has 1 saturated carbocycles.